The van der Waals surface area contributed by atoms with Gasteiger partial charge in [0.2, 0.25) is 0 Å². The highest BCUT2D eigenvalue weighted by molar-refractivity contribution is 5.87. The van der Waals surface area contributed by atoms with Crippen molar-refractivity contribution in [3.8, 4) is 5.75 Å². The van der Waals surface area contributed by atoms with Crippen molar-refractivity contribution >= 4 is 17.2 Å². The molecule has 4 heteroatoms. The maximum absolute atomic E-state index is 5.35. The van der Waals surface area contributed by atoms with Crippen molar-refractivity contribution in [2.24, 2.45) is 12.0 Å². The van der Waals surface area contributed by atoms with E-state index < -0.39 is 0 Å². The van der Waals surface area contributed by atoms with Gasteiger partial charge < -0.3 is 9.30 Å². The molecule has 0 fully saturated rings. The zero-order chi connectivity index (χ0) is 15.4. The van der Waals surface area contributed by atoms with E-state index in [0.717, 1.165) is 35.3 Å². The first-order chi connectivity index (χ1) is 10.8. The molecule has 0 N–H and O–H groups in total. The average Bonchev–Trinajstić information content (AvgIpc) is 2.93. The molecule has 3 aromatic rings. The number of hydrogen-bond donors (Lipinski definition) is 0. The van der Waals surface area contributed by atoms with Crippen molar-refractivity contribution < 1.29 is 4.74 Å². The third-order valence-electron chi connectivity index (χ3n) is 3.69. The van der Waals surface area contributed by atoms with Gasteiger partial charge in [0.25, 0.3) is 0 Å². The number of imidazole rings is 1. The lowest BCUT2D eigenvalue weighted by molar-refractivity contribution is 0.410. The van der Waals surface area contributed by atoms with Gasteiger partial charge in [-0.25, -0.2) is 4.98 Å². The van der Waals surface area contributed by atoms with Crippen LogP contribution < -0.4 is 4.74 Å². The van der Waals surface area contributed by atoms with E-state index in [1.807, 2.05) is 54.5 Å². The number of fused-ring (bicyclic) bond motifs is 1. The number of benzene rings is 2. The van der Waals surface area contributed by atoms with Gasteiger partial charge in [0.1, 0.15) is 5.75 Å². The molecule has 0 aliphatic carbocycles. The summed E-state index contributed by atoms with van der Waals surface area (Å²) in [5.41, 5.74) is 4.41. The Hall–Kier alpha value is -2.62. The summed E-state index contributed by atoms with van der Waals surface area (Å²) in [7, 11) is 3.70. The maximum atomic E-state index is 5.35. The first-order valence-corrected chi connectivity index (χ1v) is 7.31. The Bertz CT molecular complexity index is 805. The molecule has 22 heavy (non-hydrogen) atoms. The van der Waals surface area contributed by atoms with Crippen LogP contribution in [0.25, 0.3) is 11.0 Å². The van der Waals surface area contributed by atoms with E-state index >= 15 is 0 Å². The zero-order valence-electron chi connectivity index (χ0n) is 12.9. The predicted molar refractivity (Wildman–Crippen MR) is 89.9 cm³/mol. The maximum Gasteiger partial charge on any atom is 0.122 e. The summed E-state index contributed by atoms with van der Waals surface area (Å²) >= 11 is 0. The SMILES string of the molecule is COc1ccccc1CCN=Cc1ccc2ncn(C)c2c1. The second-order valence-corrected chi connectivity index (χ2v) is 5.20. The largest absolute Gasteiger partial charge is 0.496 e. The van der Waals surface area contributed by atoms with E-state index in [1.165, 1.54) is 5.56 Å². The lowest BCUT2D eigenvalue weighted by Gasteiger charge is -2.06. The molecule has 0 aliphatic heterocycles. The Kier molecular flexibility index (Phi) is 4.19. The second kappa shape index (κ2) is 6.43. The van der Waals surface area contributed by atoms with Crippen molar-refractivity contribution in [3.05, 3.63) is 59.9 Å². The van der Waals surface area contributed by atoms with E-state index in [0.29, 0.717) is 0 Å². The topological polar surface area (TPSA) is 39.4 Å². The van der Waals surface area contributed by atoms with Gasteiger partial charge in [-0.2, -0.15) is 0 Å². The Morgan fingerprint density at radius 3 is 2.95 bits per heavy atom. The fourth-order valence-corrected chi connectivity index (χ4v) is 2.49. The van der Waals surface area contributed by atoms with Crippen molar-refractivity contribution in [2.75, 3.05) is 13.7 Å². The highest BCUT2D eigenvalue weighted by Crippen LogP contribution is 2.17. The first kappa shape index (κ1) is 14.3. The molecule has 112 valence electrons. The number of para-hydroxylation sites is 1. The molecule has 0 bridgehead atoms. The van der Waals surface area contributed by atoms with Crippen LogP contribution in [0.15, 0.2) is 53.8 Å². The highest BCUT2D eigenvalue weighted by Gasteiger charge is 2.01. The van der Waals surface area contributed by atoms with Crippen LogP contribution in [0.3, 0.4) is 0 Å². The minimum absolute atomic E-state index is 0.740. The van der Waals surface area contributed by atoms with Gasteiger partial charge in [0.05, 0.1) is 24.5 Å². The number of aliphatic imine (C=N–C) groups is 1. The summed E-state index contributed by atoms with van der Waals surface area (Å²) in [5.74, 6) is 0.925. The fraction of sp³-hybridized carbons (Fsp3) is 0.222. The van der Waals surface area contributed by atoms with E-state index in [1.54, 1.807) is 7.11 Å². The quantitative estimate of drug-likeness (QED) is 0.677. The highest BCUT2D eigenvalue weighted by atomic mass is 16.5. The minimum atomic E-state index is 0.740. The molecule has 0 saturated carbocycles. The molecule has 0 atom stereocenters. The van der Waals surface area contributed by atoms with Gasteiger partial charge in [-0.15, -0.1) is 0 Å². The number of rotatable bonds is 5. The Morgan fingerprint density at radius 2 is 2.09 bits per heavy atom. The van der Waals surface area contributed by atoms with Crippen LogP contribution in [0, 0.1) is 0 Å². The molecule has 1 aromatic heterocycles. The number of aryl methyl sites for hydroxylation is 1. The summed E-state index contributed by atoms with van der Waals surface area (Å²) in [6, 6.07) is 14.2. The van der Waals surface area contributed by atoms with Gasteiger partial charge in [0.15, 0.2) is 0 Å². The number of methoxy groups -OCH3 is 1. The molecule has 0 saturated heterocycles. The van der Waals surface area contributed by atoms with Crippen LogP contribution in [0.5, 0.6) is 5.75 Å². The first-order valence-electron chi connectivity index (χ1n) is 7.31. The molecule has 2 aromatic carbocycles. The van der Waals surface area contributed by atoms with Gasteiger partial charge in [0, 0.05) is 19.8 Å². The van der Waals surface area contributed by atoms with Crippen LogP contribution in [0.1, 0.15) is 11.1 Å². The van der Waals surface area contributed by atoms with Crippen molar-refractivity contribution in [3.63, 3.8) is 0 Å². The van der Waals surface area contributed by atoms with E-state index in [4.69, 9.17) is 4.74 Å². The van der Waals surface area contributed by atoms with Crippen LogP contribution in [-0.4, -0.2) is 29.4 Å². The van der Waals surface area contributed by atoms with Gasteiger partial charge in [-0.05, 0) is 35.7 Å². The molecular formula is C18H19N3O. The monoisotopic (exact) mass is 293 g/mol. The molecule has 0 radical (unpaired) electrons. The second-order valence-electron chi connectivity index (χ2n) is 5.20. The number of ether oxygens (including phenoxy) is 1. The third kappa shape index (κ3) is 3.01. The third-order valence-corrected chi connectivity index (χ3v) is 3.69. The standard InChI is InChI=1S/C18H19N3O/c1-21-13-20-16-8-7-14(11-17(16)21)12-19-10-9-15-5-3-4-6-18(15)22-2/h3-8,11-13H,9-10H2,1-2H3. The van der Waals surface area contributed by atoms with E-state index in [-0.39, 0.29) is 0 Å². The number of nitrogens with zero attached hydrogens (tertiary/aromatic N) is 3. The normalized spacial score (nSPS) is 11.4. The van der Waals surface area contributed by atoms with Crippen molar-refractivity contribution in [1.29, 1.82) is 0 Å². The summed E-state index contributed by atoms with van der Waals surface area (Å²) in [6.07, 6.45) is 4.61. The summed E-state index contributed by atoms with van der Waals surface area (Å²) in [4.78, 5) is 8.84. The number of aromatic nitrogens is 2. The van der Waals surface area contributed by atoms with Gasteiger partial charge in [-0.1, -0.05) is 24.3 Å². The Balaban J connectivity index is 1.67. The molecule has 4 nitrogen and oxygen atoms in total. The molecule has 0 amide bonds. The average molecular weight is 293 g/mol. The fourth-order valence-electron chi connectivity index (χ4n) is 2.49. The van der Waals surface area contributed by atoms with Crippen molar-refractivity contribution in [2.45, 2.75) is 6.42 Å². The van der Waals surface area contributed by atoms with Crippen LogP contribution in [-0.2, 0) is 13.5 Å². The molecular weight excluding hydrogens is 274 g/mol. The minimum Gasteiger partial charge on any atom is -0.496 e. The van der Waals surface area contributed by atoms with Crippen LogP contribution >= 0.6 is 0 Å². The molecule has 3 rings (SSSR count). The Morgan fingerprint density at radius 1 is 1.23 bits per heavy atom. The molecule has 0 spiro atoms. The van der Waals surface area contributed by atoms with Crippen LogP contribution in [0.4, 0.5) is 0 Å². The predicted octanol–water partition coefficient (Wildman–Crippen LogP) is 3.24. The lowest BCUT2D eigenvalue weighted by atomic mass is 10.1. The zero-order valence-corrected chi connectivity index (χ0v) is 12.9. The van der Waals surface area contributed by atoms with Crippen LogP contribution in [0.2, 0.25) is 0 Å². The van der Waals surface area contributed by atoms with Gasteiger partial charge >= 0.3 is 0 Å². The molecule has 0 unspecified atom stereocenters. The lowest BCUT2D eigenvalue weighted by Crippen LogP contribution is -1.95. The summed E-state index contributed by atoms with van der Waals surface area (Å²) < 4.78 is 7.37. The summed E-state index contributed by atoms with van der Waals surface area (Å²) in [6.45, 7) is 0.740. The van der Waals surface area contributed by atoms with E-state index in [2.05, 4.69) is 22.1 Å². The van der Waals surface area contributed by atoms with E-state index in [9.17, 15) is 0 Å². The Labute approximate surface area is 130 Å². The number of hydrogen-bond acceptors (Lipinski definition) is 3. The molecule has 0 aliphatic rings. The van der Waals surface area contributed by atoms with Crippen molar-refractivity contribution in [1.82, 2.24) is 9.55 Å². The smallest absolute Gasteiger partial charge is 0.122 e. The molecule has 1 heterocycles. The van der Waals surface area contributed by atoms with Gasteiger partial charge in [-0.3, -0.25) is 4.99 Å². The summed E-state index contributed by atoms with van der Waals surface area (Å²) in [5, 5.41) is 0.